The fourth-order valence-corrected chi connectivity index (χ4v) is 3.48. The lowest BCUT2D eigenvalue weighted by Gasteiger charge is -2.38. The van der Waals surface area contributed by atoms with Crippen molar-refractivity contribution in [2.45, 2.75) is 77.1 Å². The maximum atomic E-state index is 11.9. The Labute approximate surface area is 132 Å². The molecule has 2 aliphatic heterocycles. The molecule has 6 heteroatoms. The van der Waals surface area contributed by atoms with E-state index in [0.717, 1.165) is 25.7 Å². The molecular formula is C16H28N2O4. The third-order valence-electron chi connectivity index (χ3n) is 4.22. The summed E-state index contributed by atoms with van der Waals surface area (Å²) in [6.07, 6.45) is 3.55. The molecule has 2 bridgehead atoms. The molecule has 2 unspecified atom stereocenters. The minimum atomic E-state index is -0.478. The van der Waals surface area contributed by atoms with Crippen molar-refractivity contribution < 1.29 is 19.1 Å². The van der Waals surface area contributed by atoms with Gasteiger partial charge >= 0.3 is 12.1 Å². The van der Waals surface area contributed by atoms with Crippen molar-refractivity contribution in [3.63, 3.8) is 0 Å². The van der Waals surface area contributed by atoms with E-state index in [2.05, 4.69) is 10.2 Å². The number of esters is 1. The number of hydrogen-bond acceptors (Lipinski definition) is 5. The summed E-state index contributed by atoms with van der Waals surface area (Å²) >= 11 is 0. The Morgan fingerprint density at radius 2 is 1.77 bits per heavy atom. The molecule has 0 aromatic rings. The molecule has 0 radical (unpaired) electrons. The molecule has 2 rings (SSSR count). The number of rotatable bonds is 4. The molecular weight excluding hydrogens is 284 g/mol. The molecule has 1 N–H and O–H groups in total. The van der Waals surface area contributed by atoms with Crippen LogP contribution in [0.15, 0.2) is 0 Å². The fourth-order valence-electron chi connectivity index (χ4n) is 3.48. The van der Waals surface area contributed by atoms with Crippen molar-refractivity contribution in [3.05, 3.63) is 0 Å². The van der Waals surface area contributed by atoms with Crippen molar-refractivity contribution in [1.82, 2.24) is 10.2 Å². The standard InChI is InChI=1S/C16H28N2O4/c1-5-21-14(19)10-18-12-6-7-13(18)9-11(8-12)17-15(20)22-16(2,3)4/h11-13H,5-10H2,1-4H3,(H,17,20). The molecule has 126 valence electrons. The number of fused-ring (bicyclic) bond motifs is 2. The van der Waals surface area contributed by atoms with Crippen LogP contribution in [-0.4, -0.2) is 53.8 Å². The Bertz CT molecular complexity index is 405. The van der Waals surface area contributed by atoms with Crippen molar-refractivity contribution >= 4 is 12.1 Å². The van der Waals surface area contributed by atoms with Gasteiger partial charge in [-0.25, -0.2) is 4.79 Å². The molecule has 2 fully saturated rings. The van der Waals surface area contributed by atoms with Gasteiger partial charge in [-0.1, -0.05) is 0 Å². The lowest BCUT2D eigenvalue weighted by molar-refractivity contribution is -0.145. The predicted molar refractivity (Wildman–Crippen MR) is 82.5 cm³/mol. The number of nitrogens with one attached hydrogen (secondary N) is 1. The van der Waals surface area contributed by atoms with E-state index in [-0.39, 0.29) is 18.1 Å². The van der Waals surface area contributed by atoms with Crippen LogP contribution >= 0.6 is 0 Å². The Hall–Kier alpha value is -1.30. The zero-order valence-electron chi connectivity index (χ0n) is 14.1. The molecule has 2 aliphatic rings. The van der Waals surface area contributed by atoms with Gasteiger partial charge in [0.1, 0.15) is 5.60 Å². The van der Waals surface area contributed by atoms with Gasteiger partial charge < -0.3 is 14.8 Å². The van der Waals surface area contributed by atoms with Crippen LogP contribution in [0.4, 0.5) is 4.79 Å². The Morgan fingerprint density at radius 1 is 1.18 bits per heavy atom. The van der Waals surface area contributed by atoms with Crippen LogP contribution in [-0.2, 0) is 14.3 Å². The number of ether oxygens (including phenoxy) is 2. The zero-order valence-corrected chi connectivity index (χ0v) is 14.1. The third kappa shape index (κ3) is 4.60. The second-order valence-electron chi connectivity index (χ2n) is 7.18. The number of nitrogens with zero attached hydrogens (tertiary/aromatic N) is 1. The average molecular weight is 312 g/mol. The largest absolute Gasteiger partial charge is 0.465 e. The van der Waals surface area contributed by atoms with E-state index in [1.54, 1.807) is 0 Å². The van der Waals surface area contributed by atoms with Gasteiger partial charge in [0.2, 0.25) is 0 Å². The van der Waals surface area contributed by atoms with Gasteiger partial charge in [-0.15, -0.1) is 0 Å². The van der Waals surface area contributed by atoms with E-state index in [9.17, 15) is 9.59 Å². The first-order valence-electron chi connectivity index (χ1n) is 8.19. The molecule has 2 atom stereocenters. The lowest BCUT2D eigenvalue weighted by Crippen LogP contribution is -2.52. The highest BCUT2D eigenvalue weighted by molar-refractivity contribution is 5.72. The number of hydrogen-bond donors (Lipinski definition) is 1. The van der Waals surface area contributed by atoms with Crippen LogP contribution in [0.25, 0.3) is 0 Å². The van der Waals surface area contributed by atoms with Crippen LogP contribution in [0.2, 0.25) is 0 Å². The quantitative estimate of drug-likeness (QED) is 0.805. The van der Waals surface area contributed by atoms with Crippen LogP contribution in [0, 0.1) is 0 Å². The van der Waals surface area contributed by atoms with E-state index in [1.807, 2.05) is 27.7 Å². The number of amides is 1. The average Bonchev–Trinajstić information content (AvgIpc) is 2.60. The van der Waals surface area contributed by atoms with E-state index < -0.39 is 5.60 Å². The number of piperidine rings is 1. The highest BCUT2D eigenvalue weighted by atomic mass is 16.6. The monoisotopic (exact) mass is 312 g/mol. The molecule has 0 spiro atoms. The first-order valence-corrected chi connectivity index (χ1v) is 8.19. The van der Waals surface area contributed by atoms with Crippen LogP contribution in [0.1, 0.15) is 53.4 Å². The van der Waals surface area contributed by atoms with Gasteiger partial charge in [0.05, 0.1) is 13.2 Å². The smallest absolute Gasteiger partial charge is 0.407 e. The highest BCUT2D eigenvalue weighted by Crippen LogP contribution is 2.35. The minimum absolute atomic E-state index is 0.130. The third-order valence-corrected chi connectivity index (χ3v) is 4.22. The SMILES string of the molecule is CCOC(=O)CN1C2CCC1CC(NC(=O)OC(C)(C)C)C2. The zero-order chi connectivity index (χ0) is 16.3. The number of alkyl carbamates (subject to hydrolysis) is 1. The first-order chi connectivity index (χ1) is 10.3. The molecule has 22 heavy (non-hydrogen) atoms. The Morgan fingerprint density at radius 3 is 2.27 bits per heavy atom. The lowest BCUT2D eigenvalue weighted by atomic mass is 9.97. The van der Waals surface area contributed by atoms with Crippen molar-refractivity contribution in [3.8, 4) is 0 Å². The topological polar surface area (TPSA) is 67.9 Å². The highest BCUT2D eigenvalue weighted by Gasteiger charge is 2.42. The maximum Gasteiger partial charge on any atom is 0.407 e. The summed E-state index contributed by atoms with van der Waals surface area (Å²) in [5, 5.41) is 2.97. The van der Waals surface area contributed by atoms with Crippen molar-refractivity contribution in [1.29, 1.82) is 0 Å². The van der Waals surface area contributed by atoms with Crippen LogP contribution in [0.3, 0.4) is 0 Å². The van der Waals surface area contributed by atoms with E-state index in [4.69, 9.17) is 9.47 Å². The van der Waals surface area contributed by atoms with Gasteiger partial charge in [-0.2, -0.15) is 0 Å². The van der Waals surface area contributed by atoms with E-state index in [1.165, 1.54) is 0 Å². The van der Waals surface area contributed by atoms with Crippen LogP contribution in [0.5, 0.6) is 0 Å². The van der Waals surface area contributed by atoms with Crippen LogP contribution < -0.4 is 5.32 Å². The Kier molecular flexibility index (Phi) is 5.32. The fraction of sp³-hybridized carbons (Fsp3) is 0.875. The molecule has 2 saturated heterocycles. The number of carbonyl (C=O) groups is 2. The summed E-state index contributed by atoms with van der Waals surface area (Å²) in [6, 6.07) is 0.831. The molecule has 0 aromatic carbocycles. The predicted octanol–water partition coefficient (Wildman–Crippen LogP) is 2.07. The molecule has 0 aromatic heterocycles. The van der Waals surface area contributed by atoms with E-state index in [0.29, 0.717) is 25.2 Å². The summed E-state index contributed by atoms with van der Waals surface area (Å²) in [6.45, 7) is 8.19. The summed E-state index contributed by atoms with van der Waals surface area (Å²) in [5.74, 6) is -0.155. The second kappa shape index (κ2) is 6.86. The number of carbonyl (C=O) groups excluding carboxylic acids is 2. The summed E-state index contributed by atoms with van der Waals surface area (Å²) in [4.78, 5) is 25.8. The van der Waals surface area contributed by atoms with Crippen molar-refractivity contribution in [2.75, 3.05) is 13.2 Å². The Balaban J connectivity index is 1.84. The van der Waals surface area contributed by atoms with Gasteiger partial charge in [-0.3, -0.25) is 9.69 Å². The molecule has 6 nitrogen and oxygen atoms in total. The summed E-state index contributed by atoms with van der Waals surface area (Å²) < 4.78 is 10.4. The maximum absolute atomic E-state index is 11.9. The summed E-state index contributed by atoms with van der Waals surface area (Å²) in [7, 11) is 0. The molecule has 0 saturated carbocycles. The van der Waals surface area contributed by atoms with Gasteiger partial charge in [0.25, 0.3) is 0 Å². The van der Waals surface area contributed by atoms with Gasteiger partial charge in [0.15, 0.2) is 0 Å². The van der Waals surface area contributed by atoms with Gasteiger partial charge in [0, 0.05) is 18.1 Å². The van der Waals surface area contributed by atoms with E-state index >= 15 is 0 Å². The molecule has 0 aliphatic carbocycles. The normalized spacial score (nSPS) is 28.3. The second-order valence-corrected chi connectivity index (χ2v) is 7.18. The first kappa shape index (κ1) is 17.1. The molecule has 1 amide bonds. The minimum Gasteiger partial charge on any atom is -0.465 e. The molecule has 2 heterocycles. The van der Waals surface area contributed by atoms with Gasteiger partial charge in [-0.05, 0) is 53.4 Å². The summed E-state index contributed by atoms with van der Waals surface area (Å²) in [5.41, 5.74) is -0.478. The van der Waals surface area contributed by atoms with Crippen molar-refractivity contribution in [2.24, 2.45) is 0 Å².